The molecule has 0 fully saturated rings. The van der Waals surface area contributed by atoms with Crippen molar-refractivity contribution in [2.45, 2.75) is 13.4 Å². The highest BCUT2D eigenvalue weighted by Crippen LogP contribution is 2.01. The monoisotopic (exact) mass is 218 g/mol. The van der Waals surface area contributed by atoms with Crippen molar-refractivity contribution in [3.63, 3.8) is 0 Å². The highest BCUT2D eigenvalue weighted by atomic mass is 16.9. The lowest BCUT2D eigenvalue weighted by molar-refractivity contribution is -0.277. The molecular weight excluding hydrogens is 200 g/mol. The van der Waals surface area contributed by atoms with Crippen LogP contribution < -0.4 is 10.6 Å². The molecule has 0 heterocycles. The molecule has 0 amide bonds. The fourth-order valence-electron chi connectivity index (χ4n) is 0.607. The van der Waals surface area contributed by atoms with E-state index in [0.29, 0.717) is 5.57 Å². The highest BCUT2D eigenvalue weighted by Gasteiger charge is 2.15. The van der Waals surface area contributed by atoms with E-state index in [1.54, 1.807) is 21.0 Å². The molecule has 0 aliphatic heterocycles. The Bertz CT molecular complexity index is 200. The molecule has 0 atom stereocenters. The molecule has 0 aromatic carbocycles. The van der Waals surface area contributed by atoms with E-state index in [-0.39, 0.29) is 13.5 Å². The second-order valence-corrected chi connectivity index (χ2v) is 2.80. The van der Waals surface area contributed by atoms with Gasteiger partial charge in [-0.15, -0.1) is 0 Å². The van der Waals surface area contributed by atoms with Gasteiger partial charge in [-0.25, -0.2) is 4.79 Å². The second-order valence-electron chi connectivity index (χ2n) is 2.80. The smallest absolute Gasteiger partial charge is 0.337 e. The SMILES string of the molecule is C=C(C)C(=O)OC(OCNC)OCNC. The average molecular weight is 218 g/mol. The van der Waals surface area contributed by atoms with Crippen LogP contribution >= 0.6 is 0 Å². The first-order valence-corrected chi connectivity index (χ1v) is 4.50. The van der Waals surface area contributed by atoms with Crippen molar-refractivity contribution in [1.82, 2.24) is 10.6 Å². The van der Waals surface area contributed by atoms with Gasteiger partial charge in [0.2, 0.25) is 0 Å². The summed E-state index contributed by atoms with van der Waals surface area (Å²) in [7, 11) is 3.41. The van der Waals surface area contributed by atoms with Crippen molar-refractivity contribution in [2.75, 3.05) is 27.6 Å². The zero-order valence-electron chi connectivity index (χ0n) is 9.33. The molecule has 2 N–H and O–H groups in total. The van der Waals surface area contributed by atoms with E-state index in [2.05, 4.69) is 17.2 Å². The number of hydrogen-bond acceptors (Lipinski definition) is 6. The van der Waals surface area contributed by atoms with Crippen molar-refractivity contribution in [3.05, 3.63) is 12.2 Å². The lowest BCUT2D eigenvalue weighted by Gasteiger charge is -2.17. The Kier molecular flexibility index (Phi) is 7.84. The van der Waals surface area contributed by atoms with E-state index < -0.39 is 12.4 Å². The maximum atomic E-state index is 11.2. The molecule has 6 nitrogen and oxygen atoms in total. The Morgan fingerprint density at radius 2 is 1.73 bits per heavy atom. The minimum atomic E-state index is -1.03. The highest BCUT2D eigenvalue weighted by molar-refractivity contribution is 5.86. The van der Waals surface area contributed by atoms with Crippen LogP contribution in [0.2, 0.25) is 0 Å². The lowest BCUT2D eigenvalue weighted by atomic mass is 10.4. The molecule has 0 saturated carbocycles. The van der Waals surface area contributed by atoms with Crippen LogP contribution in [0.25, 0.3) is 0 Å². The molecule has 0 saturated heterocycles. The first-order chi connectivity index (χ1) is 7.11. The van der Waals surface area contributed by atoms with E-state index >= 15 is 0 Å². The molecule has 0 spiro atoms. The van der Waals surface area contributed by atoms with Gasteiger partial charge in [0.15, 0.2) is 0 Å². The standard InChI is InChI=1S/C9H18N2O4/c1-7(2)8(12)15-9(13-5-10-3)14-6-11-4/h9-11H,1,5-6H2,2-4H3. The Morgan fingerprint density at radius 1 is 1.27 bits per heavy atom. The summed E-state index contributed by atoms with van der Waals surface area (Å²) in [6.45, 7) is 4.41. The minimum absolute atomic E-state index is 0.220. The molecule has 15 heavy (non-hydrogen) atoms. The van der Waals surface area contributed by atoms with E-state index in [9.17, 15) is 4.79 Å². The quantitative estimate of drug-likeness (QED) is 0.333. The lowest BCUT2D eigenvalue weighted by Crippen LogP contribution is -2.31. The van der Waals surface area contributed by atoms with Gasteiger partial charge in [0.05, 0.1) is 0 Å². The summed E-state index contributed by atoms with van der Waals surface area (Å²) in [5, 5.41) is 5.48. The Hall–Kier alpha value is -0.950. The summed E-state index contributed by atoms with van der Waals surface area (Å²) in [6, 6.07) is 0. The number of carbonyl (C=O) groups excluding carboxylic acids is 1. The summed E-state index contributed by atoms with van der Waals surface area (Å²) in [5.41, 5.74) is 0.293. The van der Waals surface area contributed by atoms with Gasteiger partial charge in [-0.05, 0) is 21.0 Å². The third-order valence-electron chi connectivity index (χ3n) is 1.28. The van der Waals surface area contributed by atoms with Gasteiger partial charge in [0.1, 0.15) is 13.5 Å². The summed E-state index contributed by atoms with van der Waals surface area (Å²) in [5.74, 6) is -0.549. The number of rotatable bonds is 8. The van der Waals surface area contributed by atoms with Crippen molar-refractivity contribution in [3.8, 4) is 0 Å². The summed E-state index contributed by atoms with van der Waals surface area (Å²) >= 11 is 0. The third-order valence-corrected chi connectivity index (χ3v) is 1.28. The largest absolute Gasteiger partial charge is 0.407 e. The van der Waals surface area contributed by atoms with Crippen molar-refractivity contribution < 1.29 is 19.0 Å². The third kappa shape index (κ3) is 7.03. The molecule has 0 aromatic rings. The Morgan fingerprint density at radius 3 is 2.07 bits per heavy atom. The molecule has 0 aliphatic rings. The molecular formula is C9H18N2O4. The molecule has 88 valence electrons. The number of carbonyl (C=O) groups is 1. The first kappa shape index (κ1) is 14.1. The van der Waals surface area contributed by atoms with Crippen LogP contribution in [0, 0.1) is 0 Å². The maximum Gasteiger partial charge on any atom is 0.337 e. The van der Waals surface area contributed by atoms with Gasteiger partial charge in [0.25, 0.3) is 0 Å². The predicted octanol–water partition coefficient (Wildman–Crippen LogP) is -0.224. The normalized spacial score (nSPS) is 10.4. The molecule has 0 rings (SSSR count). The van der Waals surface area contributed by atoms with Gasteiger partial charge in [-0.1, -0.05) is 6.58 Å². The van der Waals surface area contributed by atoms with Crippen molar-refractivity contribution in [1.29, 1.82) is 0 Å². The minimum Gasteiger partial charge on any atom is -0.407 e. The van der Waals surface area contributed by atoms with Gasteiger partial charge in [0, 0.05) is 5.57 Å². The first-order valence-electron chi connectivity index (χ1n) is 4.50. The van der Waals surface area contributed by atoms with E-state index in [1.165, 1.54) is 0 Å². The molecule has 0 aliphatic carbocycles. The van der Waals surface area contributed by atoms with Crippen molar-refractivity contribution >= 4 is 5.97 Å². The van der Waals surface area contributed by atoms with Crippen LogP contribution in [-0.4, -0.2) is 40.0 Å². The molecule has 0 radical (unpaired) electrons. The van der Waals surface area contributed by atoms with Crippen LogP contribution in [0.5, 0.6) is 0 Å². The van der Waals surface area contributed by atoms with E-state index in [1.807, 2.05) is 0 Å². The van der Waals surface area contributed by atoms with E-state index in [0.717, 1.165) is 0 Å². The van der Waals surface area contributed by atoms with Gasteiger partial charge in [-0.3, -0.25) is 10.6 Å². The van der Waals surface area contributed by atoms with Crippen LogP contribution in [-0.2, 0) is 19.0 Å². The van der Waals surface area contributed by atoms with Crippen LogP contribution in [0.4, 0.5) is 0 Å². The summed E-state index contributed by atoms with van der Waals surface area (Å²) < 4.78 is 15.0. The Labute approximate surface area is 89.6 Å². The van der Waals surface area contributed by atoms with Gasteiger partial charge in [-0.2, -0.15) is 0 Å². The maximum absolute atomic E-state index is 11.2. The fourth-order valence-corrected chi connectivity index (χ4v) is 0.607. The molecule has 6 heteroatoms. The average Bonchev–Trinajstić information content (AvgIpc) is 2.21. The van der Waals surface area contributed by atoms with Gasteiger partial charge >= 0.3 is 12.4 Å². The van der Waals surface area contributed by atoms with E-state index in [4.69, 9.17) is 14.2 Å². The zero-order chi connectivity index (χ0) is 11.7. The topological polar surface area (TPSA) is 68.8 Å². The van der Waals surface area contributed by atoms with Crippen LogP contribution in [0.1, 0.15) is 6.92 Å². The van der Waals surface area contributed by atoms with Crippen molar-refractivity contribution in [2.24, 2.45) is 0 Å². The molecule has 0 bridgehead atoms. The molecule has 0 aromatic heterocycles. The van der Waals surface area contributed by atoms with Crippen LogP contribution in [0.3, 0.4) is 0 Å². The summed E-state index contributed by atoms with van der Waals surface area (Å²) in [6.07, 6.45) is 0. The fraction of sp³-hybridized carbons (Fsp3) is 0.667. The summed E-state index contributed by atoms with van der Waals surface area (Å²) in [4.78, 5) is 11.2. The number of ether oxygens (including phenoxy) is 3. The number of esters is 1. The zero-order valence-corrected chi connectivity index (χ0v) is 9.33. The molecule has 0 unspecified atom stereocenters. The predicted molar refractivity (Wildman–Crippen MR) is 54.7 cm³/mol. The van der Waals surface area contributed by atoms with Crippen LogP contribution in [0.15, 0.2) is 12.2 Å². The second kappa shape index (κ2) is 8.37. The number of hydrogen-bond donors (Lipinski definition) is 2. The number of nitrogens with one attached hydrogen (secondary N) is 2. The Balaban J connectivity index is 3.98. The van der Waals surface area contributed by atoms with Gasteiger partial charge < -0.3 is 14.2 Å².